The Kier molecular flexibility index (Phi) is 3.16. The van der Waals surface area contributed by atoms with Gasteiger partial charge in [-0.15, -0.1) is 0 Å². The van der Waals surface area contributed by atoms with Gasteiger partial charge in [0.05, 0.1) is 19.0 Å². The molecule has 0 N–H and O–H groups in total. The van der Waals surface area contributed by atoms with Crippen LogP contribution in [-0.2, 0) is 4.74 Å². The van der Waals surface area contributed by atoms with Crippen LogP contribution < -0.4 is 0 Å². The molecule has 0 saturated heterocycles. The Morgan fingerprint density at radius 1 is 1.47 bits per heavy atom. The van der Waals surface area contributed by atoms with Gasteiger partial charge in [0.2, 0.25) is 0 Å². The number of hydrogen-bond donors (Lipinski definition) is 0. The fourth-order valence-electron chi connectivity index (χ4n) is 1.22. The normalized spacial score (nSPS) is 15.0. The van der Waals surface area contributed by atoms with E-state index in [2.05, 4.69) is 9.97 Å². The minimum absolute atomic E-state index is 0.204. The maximum atomic E-state index is 11.4. The molecule has 0 amide bonds. The van der Waals surface area contributed by atoms with Gasteiger partial charge in [-0.25, -0.2) is 14.8 Å². The van der Waals surface area contributed by atoms with Crippen molar-refractivity contribution in [1.29, 1.82) is 0 Å². The van der Waals surface area contributed by atoms with E-state index >= 15 is 0 Å². The maximum Gasteiger partial charge on any atom is 0.358 e. The van der Waals surface area contributed by atoms with Crippen molar-refractivity contribution in [1.82, 2.24) is 9.97 Å². The van der Waals surface area contributed by atoms with Crippen LogP contribution >= 0.6 is 11.6 Å². The quantitative estimate of drug-likeness (QED) is 0.738. The second-order valence-electron chi connectivity index (χ2n) is 3.59. The van der Waals surface area contributed by atoms with E-state index in [4.69, 9.17) is 16.3 Å². The molecule has 0 unspecified atom stereocenters. The highest BCUT2D eigenvalue weighted by Gasteiger charge is 2.21. The van der Waals surface area contributed by atoms with Crippen LogP contribution in [0.1, 0.15) is 29.8 Å². The molecular weight excluding hydrogens is 216 g/mol. The molecule has 0 spiro atoms. The molecule has 4 nitrogen and oxygen atoms in total. The number of aromatic nitrogens is 2. The molecule has 1 fully saturated rings. The summed E-state index contributed by atoms with van der Waals surface area (Å²) in [7, 11) is 0. The van der Waals surface area contributed by atoms with Crippen LogP contribution in [0.25, 0.3) is 0 Å². The molecule has 0 aliphatic heterocycles. The molecule has 15 heavy (non-hydrogen) atoms. The zero-order chi connectivity index (χ0) is 10.7. The zero-order valence-electron chi connectivity index (χ0n) is 8.15. The first-order valence-corrected chi connectivity index (χ1v) is 5.28. The number of halogens is 1. The summed E-state index contributed by atoms with van der Waals surface area (Å²) in [6.07, 6.45) is 6.13. The first-order valence-electron chi connectivity index (χ1n) is 4.90. The van der Waals surface area contributed by atoms with Crippen molar-refractivity contribution in [3.63, 3.8) is 0 Å². The minimum atomic E-state index is -0.431. The number of carbonyl (C=O) groups is 1. The number of esters is 1. The lowest BCUT2D eigenvalue weighted by Gasteiger charge is -2.02. The van der Waals surface area contributed by atoms with Crippen molar-refractivity contribution in [2.75, 3.05) is 6.61 Å². The van der Waals surface area contributed by atoms with Gasteiger partial charge < -0.3 is 4.74 Å². The predicted molar refractivity (Wildman–Crippen MR) is 54.7 cm³/mol. The third kappa shape index (κ3) is 3.16. The highest BCUT2D eigenvalue weighted by molar-refractivity contribution is 6.29. The van der Waals surface area contributed by atoms with E-state index in [0.717, 1.165) is 12.3 Å². The summed E-state index contributed by atoms with van der Waals surface area (Å²) in [5.74, 6) is 0.328. The van der Waals surface area contributed by atoms with Crippen molar-refractivity contribution >= 4 is 17.6 Å². The van der Waals surface area contributed by atoms with Gasteiger partial charge in [0, 0.05) is 0 Å². The molecule has 0 bridgehead atoms. The number of nitrogens with zero attached hydrogens (tertiary/aromatic N) is 2. The van der Waals surface area contributed by atoms with Crippen LogP contribution in [-0.4, -0.2) is 22.5 Å². The molecule has 0 radical (unpaired) electrons. The fourth-order valence-corrected chi connectivity index (χ4v) is 1.31. The van der Waals surface area contributed by atoms with Crippen LogP contribution in [0.15, 0.2) is 12.4 Å². The van der Waals surface area contributed by atoms with E-state index in [1.54, 1.807) is 0 Å². The molecule has 80 valence electrons. The molecule has 1 heterocycles. The van der Waals surface area contributed by atoms with Crippen LogP contribution in [0.3, 0.4) is 0 Å². The SMILES string of the molecule is O=C(OCCC1CC1)c1cnc(Cl)cn1. The van der Waals surface area contributed by atoms with Crippen molar-refractivity contribution in [3.8, 4) is 0 Å². The summed E-state index contributed by atoms with van der Waals surface area (Å²) < 4.78 is 5.03. The maximum absolute atomic E-state index is 11.4. The molecule has 0 aromatic carbocycles. The van der Waals surface area contributed by atoms with E-state index in [9.17, 15) is 4.79 Å². The van der Waals surface area contributed by atoms with Crippen molar-refractivity contribution in [3.05, 3.63) is 23.2 Å². The second kappa shape index (κ2) is 4.57. The average molecular weight is 227 g/mol. The zero-order valence-corrected chi connectivity index (χ0v) is 8.91. The number of rotatable bonds is 4. The summed E-state index contributed by atoms with van der Waals surface area (Å²) >= 11 is 5.54. The van der Waals surface area contributed by atoms with Crippen LogP contribution in [0.5, 0.6) is 0 Å². The van der Waals surface area contributed by atoms with Gasteiger partial charge in [0.15, 0.2) is 5.69 Å². The molecule has 5 heteroatoms. The first-order chi connectivity index (χ1) is 7.25. The third-order valence-electron chi connectivity index (χ3n) is 2.29. The summed E-state index contributed by atoms with van der Waals surface area (Å²) in [5, 5.41) is 0.268. The number of carbonyl (C=O) groups excluding carboxylic acids is 1. The lowest BCUT2D eigenvalue weighted by atomic mass is 10.3. The van der Waals surface area contributed by atoms with Gasteiger partial charge >= 0.3 is 5.97 Å². The highest BCUT2D eigenvalue weighted by Crippen LogP contribution is 2.32. The molecular formula is C10H11ClN2O2. The van der Waals surface area contributed by atoms with Crippen molar-refractivity contribution in [2.24, 2.45) is 5.92 Å². The molecule has 1 aliphatic rings. The van der Waals surface area contributed by atoms with E-state index in [1.165, 1.54) is 25.2 Å². The van der Waals surface area contributed by atoms with Gasteiger partial charge in [-0.1, -0.05) is 24.4 Å². The standard InChI is InChI=1S/C10H11ClN2O2/c11-9-6-12-8(5-13-9)10(14)15-4-3-7-1-2-7/h5-7H,1-4H2. The van der Waals surface area contributed by atoms with E-state index < -0.39 is 5.97 Å². The fraction of sp³-hybridized carbons (Fsp3) is 0.500. The molecule has 0 atom stereocenters. The van der Waals surface area contributed by atoms with Gasteiger partial charge in [-0.05, 0) is 12.3 Å². The van der Waals surface area contributed by atoms with E-state index in [-0.39, 0.29) is 10.8 Å². The Hall–Kier alpha value is -1.16. The molecule has 1 aliphatic carbocycles. The summed E-state index contributed by atoms with van der Waals surface area (Å²) in [6.45, 7) is 0.466. The van der Waals surface area contributed by atoms with Gasteiger partial charge in [-0.3, -0.25) is 0 Å². The third-order valence-corrected chi connectivity index (χ3v) is 2.48. The van der Waals surface area contributed by atoms with Crippen LogP contribution in [0, 0.1) is 5.92 Å². The Morgan fingerprint density at radius 3 is 2.87 bits per heavy atom. The Balaban J connectivity index is 1.81. The van der Waals surface area contributed by atoms with Gasteiger partial charge in [-0.2, -0.15) is 0 Å². The summed E-state index contributed by atoms with van der Waals surface area (Å²) in [5.41, 5.74) is 0.204. The lowest BCUT2D eigenvalue weighted by Crippen LogP contribution is -2.09. The van der Waals surface area contributed by atoms with E-state index in [0.29, 0.717) is 6.61 Å². The van der Waals surface area contributed by atoms with Gasteiger partial charge in [0.25, 0.3) is 0 Å². The van der Waals surface area contributed by atoms with Crippen molar-refractivity contribution in [2.45, 2.75) is 19.3 Å². The summed E-state index contributed by atoms with van der Waals surface area (Å²) in [4.78, 5) is 19.0. The second-order valence-corrected chi connectivity index (χ2v) is 3.98. The Morgan fingerprint density at radius 2 is 2.27 bits per heavy atom. The minimum Gasteiger partial charge on any atom is -0.461 e. The average Bonchev–Trinajstić information content (AvgIpc) is 3.02. The molecule has 1 saturated carbocycles. The van der Waals surface area contributed by atoms with E-state index in [1.807, 2.05) is 0 Å². The van der Waals surface area contributed by atoms with Crippen LogP contribution in [0.2, 0.25) is 5.15 Å². The lowest BCUT2D eigenvalue weighted by molar-refractivity contribution is 0.0487. The number of hydrogen-bond acceptors (Lipinski definition) is 4. The Labute approximate surface area is 92.6 Å². The monoisotopic (exact) mass is 226 g/mol. The Bertz CT molecular complexity index is 349. The first kappa shape index (κ1) is 10.4. The molecule has 2 rings (SSSR count). The number of ether oxygens (including phenoxy) is 1. The topological polar surface area (TPSA) is 52.1 Å². The smallest absolute Gasteiger partial charge is 0.358 e. The molecule has 1 aromatic heterocycles. The van der Waals surface area contributed by atoms with Gasteiger partial charge in [0.1, 0.15) is 5.15 Å². The predicted octanol–water partition coefficient (Wildman–Crippen LogP) is 2.09. The summed E-state index contributed by atoms with van der Waals surface area (Å²) in [6, 6.07) is 0. The molecule has 1 aromatic rings. The highest BCUT2D eigenvalue weighted by atomic mass is 35.5. The largest absolute Gasteiger partial charge is 0.461 e. The van der Waals surface area contributed by atoms with Crippen LogP contribution in [0.4, 0.5) is 0 Å². The van der Waals surface area contributed by atoms with Crippen molar-refractivity contribution < 1.29 is 9.53 Å².